The number of aromatic nitrogens is 2. The maximum atomic E-state index is 5.22. The Morgan fingerprint density at radius 3 is 2.64 bits per heavy atom. The molecule has 0 radical (unpaired) electrons. The highest BCUT2D eigenvalue weighted by Gasteiger charge is 2.07. The molecule has 78 valence electrons. The molecule has 1 aromatic heterocycles. The third kappa shape index (κ3) is 2.32. The van der Waals surface area contributed by atoms with Crippen molar-refractivity contribution in [3.8, 4) is 0 Å². The monoisotopic (exact) mass is 211 g/mol. The van der Waals surface area contributed by atoms with Crippen LogP contribution in [-0.2, 0) is 12.8 Å². The zero-order valence-electron chi connectivity index (χ0n) is 9.00. The molecule has 0 bridgehead atoms. The van der Waals surface area contributed by atoms with Crippen molar-refractivity contribution < 1.29 is 0 Å². The van der Waals surface area contributed by atoms with Gasteiger partial charge in [-0.2, -0.15) is 5.10 Å². The van der Waals surface area contributed by atoms with Gasteiger partial charge in [0.15, 0.2) is 5.11 Å². The molecule has 4 heteroatoms. The van der Waals surface area contributed by atoms with E-state index in [1.807, 2.05) is 11.6 Å². The van der Waals surface area contributed by atoms with Gasteiger partial charge in [-0.1, -0.05) is 13.8 Å². The predicted molar refractivity (Wildman–Crippen MR) is 62.7 cm³/mol. The zero-order valence-corrected chi connectivity index (χ0v) is 9.82. The van der Waals surface area contributed by atoms with E-state index in [4.69, 9.17) is 12.2 Å². The largest absolute Gasteiger partial charge is 0.361 e. The number of nitrogens with zero attached hydrogens (tertiary/aromatic N) is 2. The fourth-order valence-electron chi connectivity index (χ4n) is 1.30. The van der Waals surface area contributed by atoms with Gasteiger partial charge in [0.05, 0.1) is 5.69 Å². The van der Waals surface area contributed by atoms with Crippen LogP contribution in [0.2, 0.25) is 0 Å². The quantitative estimate of drug-likeness (QED) is 0.773. The van der Waals surface area contributed by atoms with Gasteiger partial charge in [0, 0.05) is 12.2 Å². The molecular weight excluding hydrogens is 194 g/mol. The number of rotatable bonds is 3. The van der Waals surface area contributed by atoms with Crippen molar-refractivity contribution in [3.63, 3.8) is 0 Å². The number of hydrogen-bond donors (Lipinski definition) is 1. The molecule has 0 saturated carbocycles. The van der Waals surface area contributed by atoms with Crippen LogP contribution in [0.3, 0.4) is 0 Å². The van der Waals surface area contributed by atoms with E-state index in [9.17, 15) is 0 Å². The first kappa shape index (κ1) is 11.2. The van der Waals surface area contributed by atoms with Crippen LogP contribution in [0.15, 0.2) is 6.07 Å². The van der Waals surface area contributed by atoms with Crippen LogP contribution in [-0.4, -0.2) is 21.4 Å². The van der Waals surface area contributed by atoms with Crippen LogP contribution in [0, 0.1) is 0 Å². The fraction of sp³-hybridized carbons (Fsp3) is 0.600. The summed E-state index contributed by atoms with van der Waals surface area (Å²) in [4.78, 5) is 0. The van der Waals surface area contributed by atoms with Gasteiger partial charge in [-0.05, 0) is 38.0 Å². The number of aryl methyl sites for hydroxylation is 2. The first-order chi connectivity index (χ1) is 6.72. The maximum absolute atomic E-state index is 5.22. The summed E-state index contributed by atoms with van der Waals surface area (Å²) in [6, 6.07) is 2.11. The van der Waals surface area contributed by atoms with E-state index in [-0.39, 0.29) is 0 Å². The van der Waals surface area contributed by atoms with Crippen LogP contribution < -0.4 is 5.32 Å². The molecule has 0 aliphatic carbocycles. The highest BCUT2D eigenvalue weighted by Crippen LogP contribution is 2.05. The molecule has 0 spiro atoms. The Hall–Kier alpha value is -0.900. The minimum atomic E-state index is 0.698. The molecule has 3 nitrogen and oxygen atoms in total. The van der Waals surface area contributed by atoms with Crippen molar-refractivity contribution >= 4 is 17.3 Å². The lowest BCUT2D eigenvalue weighted by atomic mass is 10.3. The third-order valence-corrected chi connectivity index (χ3v) is 2.40. The standard InChI is InChI=1S/C10H17N3S/c1-4-8-7-9(5-2)13(12-8)10(14)11-6-3/h7H,4-6H2,1-3H3,(H,11,14). The second-order valence-electron chi connectivity index (χ2n) is 3.08. The molecule has 0 aliphatic heterocycles. The van der Waals surface area contributed by atoms with E-state index in [2.05, 4.69) is 30.3 Å². The Morgan fingerprint density at radius 1 is 1.43 bits per heavy atom. The molecule has 1 rings (SSSR count). The van der Waals surface area contributed by atoms with Crippen LogP contribution in [0.5, 0.6) is 0 Å². The summed E-state index contributed by atoms with van der Waals surface area (Å²) in [5.41, 5.74) is 2.27. The lowest BCUT2D eigenvalue weighted by Crippen LogP contribution is -2.30. The van der Waals surface area contributed by atoms with Gasteiger partial charge < -0.3 is 5.32 Å². The van der Waals surface area contributed by atoms with Crippen LogP contribution in [0.25, 0.3) is 0 Å². The Balaban J connectivity index is 2.93. The highest BCUT2D eigenvalue weighted by atomic mass is 32.1. The Morgan fingerprint density at radius 2 is 2.14 bits per heavy atom. The van der Waals surface area contributed by atoms with Gasteiger partial charge >= 0.3 is 0 Å². The Bertz CT molecular complexity index is 317. The molecule has 0 fully saturated rings. The topological polar surface area (TPSA) is 29.9 Å². The summed E-state index contributed by atoms with van der Waals surface area (Å²) >= 11 is 5.22. The summed E-state index contributed by atoms with van der Waals surface area (Å²) in [7, 11) is 0. The molecule has 0 amide bonds. The van der Waals surface area contributed by atoms with E-state index in [1.165, 1.54) is 5.69 Å². The lowest BCUT2D eigenvalue weighted by Gasteiger charge is -2.07. The van der Waals surface area contributed by atoms with Crippen LogP contribution in [0.1, 0.15) is 32.2 Å². The lowest BCUT2D eigenvalue weighted by molar-refractivity contribution is 0.799. The van der Waals surface area contributed by atoms with E-state index in [0.717, 1.165) is 25.1 Å². The summed E-state index contributed by atoms with van der Waals surface area (Å²) in [6.45, 7) is 7.08. The smallest absolute Gasteiger partial charge is 0.194 e. The second kappa shape index (κ2) is 5.10. The van der Waals surface area contributed by atoms with Crippen molar-refractivity contribution in [2.45, 2.75) is 33.6 Å². The van der Waals surface area contributed by atoms with Crippen LogP contribution in [0.4, 0.5) is 0 Å². The number of nitrogens with one attached hydrogen (secondary N) is 1. The van der Waals surface area contributed by atoms with Gasteiger partial charge in [-0.15, -0.1) is 0 Å². The number of thiocarbonyl (C=S) groups is 1. The summed E-state index contributed by atoms with van der Waals surface area (Å²) < 4.78 is 1.83. The van der Waals surface area contributed by atoms with Crippen LogP contribution >= 0.6 is 12.2 Å². The van der Waals surface area contributed by atoms with Gasteiger partial charge in [-0.25, -0.2) is 4.68 Å². The average Bonchev–Trinajstić information content (AvgIpc) is 2.61. The Kier molecular flexibility index (Phi) is 4.07. The molecule has 0 aliphatic rings. The van der Waals surface area contributed by atoms with Gasteiger partial charge in [0.25, 0.3) is 0 Å². The highest BCUT2D eigenvalue weighted by molar-refractivity contribution is 7.80. The van der Waals surface area contributed by atoms with E-state index < -0.39 is 0 Å². The first-order valence-corrected chi connectivity index (χ1v) is 5.49. The molecule has 0 atom stereocenters. The second-order valence-corrected chi connectivity index (χ2v) is 3.47. The minimum Gasteiger partial charge on any atom is -0.361 e. The van der Waals surface area contributed by atoms with Crippen molar-refractivity contribution in [1.29, 1.82) is 0 Å². The van der Waals surface area contributed by atoms with E-state index in [0.29, 0.717) is 5.11 Å². The van der Waals surface area contributed by atoms with E-state index >= 15 is 0 Å². The molecule has 1 N–H and O–H groups in total. The van der Waals surface area contributed by atoms with E-state index in [1.54, 1.807) is 0 Å². The SMILES string of the molecule is CCNC(=S)n1nc(CC)cc1CC. The average molecular weight is 211 g/mol. The number of hydrogen-bond acceptors (Lipinski definition) is 2. The van der Waals surface area contributed by atoms with Crippen molar-refractivity contribution in [1.82, 2.24) is 15.1 Å². The van der Waals surface area contributed by atoms with Gasteiger partial charge in [0.2, 0.25) is 0 Å². The first-order valence-electron chi connectivity index (χ1n) is 5.08. The summed E-state index contributed by atoms with van der Waals surface area (Å²) in [5, 5.41) is 8.24. The molecule has 0 saturated heterocycles. The zero-order chi connectivity index (χ0) is 10.6. The third-order valence-electron chi connectivity index (χ3n) is 2.08. The summed E-state index contributed by atoms with van der Waals surface area (Å²) in [6.07, 6.45) is 1.91. The molecule has 1 aromatic rings. The maximum Gasteiger partial charge on any atom is 0.194 e. The van der Waals surface area contributed by atoms with Crippen molar-refractivity contribution in [2.24, 2.45) is 0 Å². The normalized spacial score (nSPS) is 10.2. The molecule has 0 unspecified atom stereocenters. The Labute approximate surface area is 90.5 Å². The van der Waals surface area contributed by atoms with Gasteiger partial charge in [0.1, 0.15) is 0 Å². The summed E-state index contributed by atoms with van der Waals surface area (Å²) in [5.74, 6) is 0. The molecule has 14 heavy (non-hydrogen) atoms. The van der Waals surface area contributed by atoms with Gasteiger partial charge in [-0.3, -0.25) is 0 Å². The molecule has 1 heterocycles. The molecular formula is C10H17N3S. The van der Waals surface area contributed by atoms with Crippen molar-refractivity contribution in [3.05, 3.63) is 17.5 Å². The predicted octanol–water partition coefficient (Wildman–Crippen LogP) is 1.75. The van der Waals surface area contributed by atoms with Crippen molar-refractivity contribution in [2.75, 3.05) is 6.54 Å². The molecule has 0 aromatic carbocycles. The fourth-order valence-corrected chi connectivity index (χ4v) is 1.60. The minimum absolute atomic E-state index is 0.698.